The number of aliphatic hydroxyl groups is 1. The minimum Gasteiger partial charge on any atom is -0.376 e. The molecule has 21 heavy (non-hydrogen) atoms. The van der Waals surface area contributed by atoms with Crippen molar-refractivity contribution in [3.63, 3.8) is 0 Å². The van der Waals surface area contributed by atoms with Crippen LogP contribution >= 0.6 is 0 Å². The number of ketones is 1. The number of nitrogens with one attached hydrogen (secondary N) is 1. The Morgan fingerprint density at radius 3 is 1.81 bits per heavy atom. The van der Waals surface area contributed by atoms with Gasteiger partial charge in [0.05, 0.1) is 5.69 Å². The van der Waals surface area contributed by atoms with Gasteiger partial charge in [-0.1, -0.05) is 41.5 Å². The molecule has 0 radical (unpaired) electrons. The number of Topliss-reactive ketones (excluding diaryl/α,β-unsaturated/α-hetero) is 1. The van der Waals surface area contributed by atoms with Crippen LogP contribution in [-0.4, -0.2) is 15.9 Å². The maximum absolute atomic E-state index is 12.8. The number of aromatic amines is 1. The molecule has 1 heterocycles. The van der Waals surface area contributed by atoms with Crippen molar-refractivity contribution in [3.8, 4) is 0 Å². The van der Waals surface area contributed by atoms with Gasteiger partial charge in [-0.05, 0) is 35.1 Å². The molecule has 0 atom stereocenters. The third kappa shape index (κ3) is 2.88. The molecule has 0 bridgehead atoms. The van der Waals surface area contributed by atoms with E-state index in [2.05, 4.69) is 4.98 Å². The third-order valence-corrected chi connectivity index (χ3v) is 3.86. The van der Waals surface area contributed by atoms with Crippen molar-refractivity contribution in [2.75, 3.05) is 0 Å². The number of hydrogen-bond acceptors (Lipinski definition) is 2. The lowest BCUT2D eigenvalue weighted by Crippen LogP contribution is -2.35. The lowest BCUT2D eigenvalue weighted by Gasteiger charge is -2.36. The zero-order valence-corrected chi connectivity index (χ0v) is 13.7. The number of H-pyrrole nitrogens is 1. The van der Waals surface area contributed by atoms with Gasteiger partial charge in [-0.3, -0.25) is 4.79 Å². The van der Waals surface area contributed by atoms with Gasteiger partial charge in [-0.2, -0.15) is 0 Å². The van der Waals surface area contributed by atoms with Gasteiger partial charge in [-0.15, -0.1) is 0 Å². The first-order valence-electron chi connectivity index (χ1n) is 7.33. The maximum Gasteiger partial charge on any atom is 0.185 e. The molecular formula is C18H25NO2. The maximum atomic E-state index is 12.8. The molecule has 0 spiro atoms. The van der Waals surface area contributed by atoms with Gasteiger partial charge in [0.25, 0.3) is 0 Å². The predicted molar refractivity (Wildman–Crippen MR) is 84.8 cm³/mol. The van der Waals surface area contributed by atoms with Gasteiger partial charge < -0.3 is 10.1 Å². The summed E-state index contributed by atoms with van der Waals surface area (Å²) in [5.41, 5.74) is 0.102. The molecule has 3 nitrogen and oxygen atoms in total. The van der Waals surface area contributed by atoms with Crippen LogP contribution in [0.1, 0.15) is 47.2 Å². The van der Waals surface area contributed by atoms with Gasteiger partial charge >= 0.3 is 0 Å². The van der Waals surface area contributed by atoms with Crippen LogP contribution in [0, 0.1) is 10.8 Å². The Labute approximate surface area is 126 Å². The van der Waals surface area contributed by atoms with E-state index < -0.39 is 5.60 Å². The zero-order valence-electron chi connectivity index (χ0n) is 13.7. The fourth-order valence-corrected chi connectivity index (χ4v) is 2.61. The van der Waals surface area contributed by atoms with Gasteiger partial charge in [0.15, 0.2) is 5.78 Å². The van der Waals surface area contributed by atoms with Crippen LogP contribution in [0.3, 0.4) is 0 Å². The molecule has 0 unspecified atom stereocenters. The monoisotopic (exact) mass is 287 g/mol. The van der Waals surface area contributed by atoms with Crippen molar-refractivity contribution in [1.82, 2.24) is 4.98 Å². The summed E-state index contributed by atoms with van der Waals surface area (Å²) in [6.07, 6.45) is 5.16. The minimum atomic E-state index is -1.26. The third-order valence-electron chi connectivity index (χ3n) is 3.86. The van der Waals surface area contributed by atoms with E-state index >= 15 is 0 Å². The fraction of sp³-hybridized carbons (Fsp3) is 0.500. The van der Waals surface area contributed by atoms with Crippen LogP contribution in [0.2, 0.25) is 0 Å². The average Bonchev–Trinajstić information content (AvgIpc) is 2.83. The highest BCUT2D eigenvalue weighted by Gasteiger charge is 2.41. The van der Waals surface area contributed by atoms with E-state index in [0.717, 1.165) is 0 Å². The predicted octanol–water partition coefficient (Wildman–Crippen LogP) is 3.73. The van der Waals surface area contributed by atoms with Crippen LogP contribution in [0.25, 0.3) is 0 Å². The first kappa shape index (κ1) is 15.8. The highest BCUT2D eigenvalue weighted by Crippen LogP contribution is 2.42. The largest absolute Gasteiger partial charge is 0.376 e. The highest BCUT2D eigenvalue weighted by atomic mass is 16.3. The topological polar surface area (TPSA) is 53.1 Å². The number of allylic oxidation sites excluding steroid dienone is 2. The Hall–Kier alpha value is -1.61. The van der Waals surface area contributed by atoms with E-state index in [9.17, 15) is 9.90 Å². The quantitative estimate of drug-likeness (QED) is 0.827. The Balaban J connectivity index is 2.67. The molecule has 2 rings (SSSR count). The molecule has 0 saturated heterocycles. The summed E-state index contributed by atoms with van der Waals surface area (Å²) in [7, 11) is 0. The van der Waals surface area contributed by atoms with Crippen LogP contribution in [0.4, 0.5) is 0 Å². The van der Waals surface area contributed by atoms with Gasteiger partial charge in [0.2, 0.25) is 0 Å². The first-order valence-corrected chi connectivity index (χ1v) is 7.33. The molecule has 1 aliphatic rings. The van der Waals surface area contributed by atoms with E-state index in [1.165, 1.54) is 0 Å². The molecule has 0 saturated carbocycles. The van der Waals surface area contributed by atoms with Crippen molar-refractivity contribution in [3.05, 3.63) is 47.3 Å². The SMILES string of the molecule is CC(C)(C)C1=CC(O)(c2ccc[nH]2)C=C(C(C)(C)C)C1=O. The summed E-state index contributed by atoms with van der Waals surface area (Å²) < 4.78 is 0. The van der Waals surface area contributed by atoms with Crippen molar-refractivity contribution in [2.45, 2.75) is 47.1 Å². The molecule has 114 valence electrons. The van der Waals surface area contributed by atoms with Crippen LogP contribution < -0.4 is 0 Å². The molecule has 0 fully saturated rings. The number of rotatable bonds is 1. The van der Waals surface area contributed by atoms with Crippen LogP contribution in [0.15, 0.2) is 41.6 Å². The molecule has 0 amide bonds. The summed E-state index contributed by atoms with van der Waals surface area (Å²) in [6.45, 7) is 12.0. The summed E-state index contributed by atoms with van der Waals surface area (Å²) in [5, 5.41) is 11.1. The van der Waals surface area contributed by atoms with E-state index in [-0.39, 0.29) is 16.6 Å². The Morgan fingerprint density at radius 1 is 1.00 bits per heavy atom. The van der Waals surface area contributed by atoms with E-state index in [4.69, 9.17) is 0 Å². The molecule has 1 aromatic heterocycles. The lowest BCUT2D eigenvalue weighted by molar-refractivity contribution is -0.114. The Kier molecular flexibility index (Phi) is 3.53. The Bertz CT molecular complexity index is 571. The number of carbonyl (C=O) groups excluding carboxylic acids is 1. The second-order valence-corrected chi connectivity index (χ2v) is 7.85. The molecule has 2 N–H and O–H groups in total. The second kappa shape index (κ2) is 4.70. The number of aromatic nitrogens is 1. The second-order valence-electron chi connectivity index (χ2n) is 7.85. The first-order chi connectivity index (χ1) is 9.45. The number of hydrogen-bond donors (Lipinski definition) is 2. The zero-order chi connectivity index (χ0) is 16.1. The molecule has 0 aliphatic heterocycles. The highest BCUT2D eigenvalue weighted by molar-refractivity contribution is 6.11. The summed E-state index contributed by atoms with van der Waals surface area (Å²) in [6, 6.07) is 3.68. The fourth-order valence-electron chi connectivity index (χ4n) is 2.61. The average molecular weight is 287 g/mol. The normalized spacial score (nSPS) is 19.3. The van der Waals surface area contributed by atoms with Crippen LogP contribution in [-0.2, 0) is 10.4 Å². The molecule has 1 aliphatic carbocycles. The standard InChI is InChI=1S/C18H25NO2/c1-16(2,3)12-10-18(21,14-8-7-9-19-14)11-13(15(12)20)17(4,5)6/h7-11,19,21H,1-6H3. The van der Waals surface area contributed by atoms with Crippen molar-refractivity contribution in [2.24, 2.45) is 10.8 Å². The smallest absolute Gasteiger partial charge is 0.185 e. The molecule has 0 aromatic carbocycles. The van der Waals surface area contributed by atoms with Gasteiger partial charge in [-0.25, -0.2) is 0 Å². The van der Waals surface area contributed by atoms with Crippen molar-refractivity contribution in [1.29, 1.82) is 0 Å². The van der Waals surface area contributed by atoms with Crippen molar-refractivity contribution < 1.29 is 9.90 Å². The van der Waals surface area contributed by atoms with Gasteiger partial charge in [0.1, 0.15) is 5.60 Å². The summed E-state index contributed by atoms with van der Waals surface area (Å²) >= 11 is 0. The molecular weight excluding hydrogens is 262 g/mol. The summed E-state index contributed by atoms with van der Waals surface area (Å²) in [5.74, 6) is 0.0335. The Morgan fingerprint density at radius 2 is 1.48 bits per heavy atom. The number of carbonyl (C=O) groups is 1. The minimum absolute atomic E-state index is 0.0335. The van der Waals surface area contributed by atoms with E-state index in [0.29, 0.717) is 16.8 Å². The summed E-state index contributed by atoms with van der Waals surface area (Å²) in [4.78, 5) is 15.9. The molecule has 3 heteroatoms. The van der Waals surface area contributed by atoms with Crippen molar-refractivity contribution >= 4 is 5.78 Å². The lowest BCUT2D eigenvalue weighted by atomic mass is 9.69. The van der Waals surface area contributed by atoms with Crippen LogP contribution in [0.5, 0.6) is 0 Å². The van der Waals surface area contributed by atoms with E-state index in [1.807, 2.05) is 53.7 Å². The van der Waals surface area contributed by atoms with E-state index in [1.54, 1.807) is 18.3 Å². The van der Waals surface area contributed by atoms with Gasteiger partial charge in [0, 0.05) is 17.3 Å². The molecule has 1 aromatic rings.